The van der Waals surface area contributed by atoms with E-state index in [1.165, 1.54) is 11.8 Å². The van der Waals surface area contributed by atoms with E-state index in [4.69, 9.17) is 5.21 Å². The van der Waals surface area contributed by atoms with E-state index >= 15 is 0 Å². The number of hydrogen-bond acceptors (Lipinski definition) is 5. The third-order valence-electron chi connectivity index (χ3n) is 1.95. The molecule has 0 aliphatic carbocycles. The van der Waals surface area contributed by atoms with Gasteiger partial charge in [0, 0.05) is 12.6 Å². The Balaban J connectivity index is 3.05. The Kier molecular flexibility index (Phi) is 4.72. The van der Waals surface area contributed by atoms with Crippen molar-refractivity contribution in [1.82, 2.24) is 0 Å². The Morgan fingerprint density at radius 3 is 2.38 bits per heavy atom. The molecule has 5 heteroatoms. The molecule has 0 amide bonds. The Labute approximate surface area is 98.1 Å². The number of aliphatic imine (C=N–C) groups is 1. The number of carbonyl (C=O) groups excluding carboxylic acids is 1. The van der Waals surface area contributed by atoms with E-state index in [9.17, 15) is 4.79 Å². The number of thioether (sulfide) groups is 1. The maximum atomic E-state index is 12.0. The van der Waals surface area contributed by atoms with Gasteiger partial charge in [0.1, 0.15) is 5.04 Å². The predicted molar refractivity (Wildman–Crippen MR) is 66.9 cm³/mol. The summed E-state index contributed by atoms with van der Waals surface area (Å²) < 4.78 is 0. The second-order valence-corrected chi connectivity index (χ2v) is 3.67. The number of rotatable bonds is 3. The fourth-order valence-corrected chi connectivity index (χ4v) is 1.71. The standard InChI is InChI=1S/C11H12N2O2S/c1-12-11(16-2)9(13-15)10(14)8-6-4-3-5-7-8/h3-7,15H,1-2H3/b12-11?,13-9+. The normalized spacial score (nSPS) is 12.6. The first-order chi connectivity index (χ1) is 7.74. The van der Waals surface area contributed by atoms with E-state index < -0.39 is 0 Å². The summed E-state index contributed by atoms with van der Waals surface area (Å²) >= 11 is 1.26. The van der Waals surface area contributed by atoms with Crippen LogP contribution in [0.1, 0.15) is 10.4 Å². The quantitative estimate of drug-likeness (QED) is 0.287. The minimum atomic E-state index is -0.335. The summed E-state index contributed by atoms with van der Waals surface area (Å²) in [5.74, 6) is -0.335. The van der Waals surface area contributed by atoms with Crippen molar-refractivity contribution in [3.05, 3.63) is 35.9 Å². The van der Waals surface area contributed by atoms with Crippen LogP contribution < -0.4 is 0 Å². The largest absolute Gasteiger partial charge is 0.410 e. The zero-order valence-electron chi connectivity index (χ0n) is 9.04. The lowest BCUT2D eigenvalue weighted by Crippen LogP contribution is -2.22. The van der Waals surface area contributed by atoms with E-state index in [1.807, 2.05) is 6.07 Å². The zero-order valence-corrected chi connectivity index (χ0v) is 9.86. The first kappa shape index (κ1) is 12.4. The van der Waals surface area contributed by atoms with E-state index in [0.29, 0.717) is 10.6 Å². The molecule has 0 bridgehead atoms. The zero-order chi connectivity index (χ0) is 12.0. The molecule has 0 aromatic heterocycles. The van der Waals surface area contributed by atoms with Gasteiger partial charge in [0.05, 0.1) is 0 Å². The molecule has 0 fully saturated rings. The van der Waals surface area contributed by atoms with Crippen molar-refractivity contribution in [2.45, 2.75) is 0 Å². The molecule has 0 aliphatic rings. The summed E-state index contributed by atoms with van der Waals surface area (Å²) in [5, 5.41) is 12.3. The average Bonchev–Trinajstić information content (AvgIpc) is 2.36. The van der Waals surface area contributed by atoms with Gasteiger partial charge in [0.25, 0.3) is 0 Å². The number of hydrogen-bond donors (Lipinski definition) is 1. The minimum absolute atomic E-state index is 0.0267. The van der Waals surface area contributed by atoms with Crippen molar-refractivity contribution >= 4 is 28.3 Å². The smallest absolute Gasteiger partial charge is 0.217 e. The molecular weight excluding hydrogens is 224 g/mol. The monoisotopic (exact) mass is 236 g/mol. The molecule has 0 aliphatic heterocycles. The van der Waals surface area contributed by atoms with Gasteiger partial charge in [-0.1, -0.05) is 35.5 Å². The summed E-state index contributed by atoms with van der Waals surface area (Å²) in [6.07, 6.45) is 1.77. The second kappa shape index (κ2) is 6.07. The van der Waals surface area contributed by atoms with Crippen LogP contribution in [0.3, 0.4) is 0 Å². The van der Waals surface area contributed by atoms with Crippen LogP contribution in [-0.4, -0.2) is 35.0 Å². The fourth-order valence-electron chi connectivity index (χ4n) is 1.21. The first-order valence-electron chi connectivity index (χ1n) is 4.57. The molecule has 16 heavy (non-hydrogen) atoms. The molecule has 1 N–H and O–H groups in total. The summed E-state index contributed by atoms with van der Waals surface area (Å²) in [5.41, 5.74) is 0.451. The average molecular weight is 236 g/mol. The van der Waals surface area contributed by atoms with Crippen LogP contribution in [0.25, 0.3) is 0 Å². The number of benzene rings is 1. The van der Waals surface area contributed by atoms with Gasteiger partial charge in [-0.25, -0.2) is 0 Å². The van der Waals surface area contributed by atoms with Gasteiger partial charge in [-0.05, 0) is 6.26 Å². The van der Waals surface area contributed by atoms with Crippen LogP contribution in [0, 0.1) is 0 Å². The Hall–Kier alpha value is -1.62. The third kappa shape index (κ3) is 2.70. The SMILES string of the molecule is CN=C(SC)/C(=N/O)C(=O)c1ccccc1. The van der Waals surface area contributed by atoms with Gasteiger partial charge < -0.3 is 5.21 Å². The van der Waals surface area contributed by atoms with Crippen LogP contribution in [0.4, 0.5) is 0 Å². The highest BCUT2D eigenvalue weighted by Gasteiger charge is 2.19. The summed E-state index contributed by atoms with van der Waals surface area (Å²) in [6.45, 7) is 0. The lowest BCUT2D eigenvalue weighted by molar-refractivity contribution is 0.106. The van der Waals surface area contributed by atoms with Gasteiger partial charge in [-0.15, -0.1) is 11.8 Å². The van der Waals surface area contributed by atoms with E-state index in [0.717, 1.165) is 0 Å². The Morgan fingerprint density at radius 2 is 1.94 bits per heavy atom. The fraction of sp³-hybridized carbons (Fsp3) is 0.182. The van der Waals surface area contributed by atoms with E-state index in [-0.39, 0.29) is 11.5 Å². The van der Waals surface area contributed by atoms with Crippen molar-refractivity contribution in [2.75, 3.05) is 13.3 Å². The Morgan fingerprint density at radius 1 is 1.31 bits per heavy atom. The highest BCUT2D eigenvalue weighted by atomic mass is 32.2. The van der Waals surface area contributed by atoms with Gasteiger partial charge in [-0.2, -0.15) is 0 Å². The maximum absolute atomic E-state index is 12.0. The highest BCUT2D eigenvalue weighted by molar-refractivity contribution is 8.15. The number of carbonyl (C=O) groups is 1. The maximum Gasteiger partial charge on any atom is 0.217 e. The van der Waals surface area contributed by atoms with Crippen molar-refractivity contribution in [3.63, 3.8) is 0 Å². The number of ketones is 1. The van der Waals surface area contributed by atoms with Crippen molar-refractivity contribution < 1.29 is 10.0 Å². The molecule has 1 aromatic rings. The summed E-state index contributed by atoms with van der Waals surface area (Å²) in [7, 11) is 1.55. The molecule has 0 atom stereocenters. The van der Waals surface area contributed by atoms with E-state index in [2.05, 4.69) is 10.1 Å². The molecule has 0 unspecified atom stereocenters. The van der Waals surface area contributed by atoms with Crippen molar-refractivity contribution in [2.24, 2.45) is 10.1 Å². The van der Waals surface area contributed by atoms with Crippen molar-refractivity contribution in [1.29, 1.82) is 0 Å². The molecule has 1 rings (SSSR count). The second-order valence-electron chi connectivity index (χ2n) is 2.88. The third-order valence-corrected chi connectivity index (χ3v) is 2.71. The topological polar surface area (TPSA) is 62.0 Å². The van der Waals surface area contributed by atoms with Gasteiger partial charge >= 0.3 is 0 Å². The summed E-state index contributed by atoms with van der Waals surface area (Å²) in [6, 6.07) is 8.66. The molecule has 0 saturated heterocycles. The molecule has 4 nitrogen and oxygen atoms in total. The molecule has 84 valence electrons. The lowest BCUT2D eigenvalue weighted by Gasteiger charge is -2.03. The van der Waals surface area contributed by atoms with Crippen LogP contribution >= 0.6 is 11.8 Å². The van der Waals surface area contributed by atoms with Gasteiger partial charge in [0.2, 0.25) is 5.78 Å². The van der Waals surface area contributed by atoms with Crippen LogP contribution in [0.2, 0.25) is 0 Å². The Bertz CT molecular complexity index is 427. The highest BCUT2D eigenvalue weighted by Crippen LogP contribution is 2.07. The molecule has 1 aromatic carbocycles. The van der Waals surface area contributed by atoms with Gasteiger partial charge in [-0.3, -0.25) is 9.79 Å². The van der Waals surface area contributed by atoms with E-state index in [1.54, 1.807) is 37.6 Å². The number of nitrogens with zero attached hydrogens (tertiary/aromatic N) is 2. The number of Topliss-reactive ketones (excluding diaryl/α,β-unsaturated/α-hetero) is 1. The molecular formula is C11H12N2O2S. The minimum Gasteiger partial charge on any atom is -0.410 e. The molecule has 0 radical (unpaired) electrons. The molecule has 0 spiro atoms. The predicted octanol–water partition coefficient (Wildman–Crippen LogP) is 2.09. The van der Waals surface area contributed by atoms with Gasteiger partial charge in [0.15, 0.2) is 5.71 Å². The summed E-state index contributed by atoms with van der Waals surface area (Å²) in [4.78, 5) is 15.8. The van der Waals surface area contributed by atoms with Crippen LogP contribution in [0.15, 0.2) is 40.5 Å². The van der Waals surface area contributed by atoms with Crippen LogP contribution in [-0.2, 0) is 0 Å². The van der Waals surface area contributed by atoms with Crippen molar-refractivity contribution in [3.8, 4) is 0 Å². The lowest BCUT2D eigenvalue weighted by atomic mass is 10.1. The van der Waals surface area contributed by atoms with Crippen LogP contribution in [0.5, 0.6) is 0 Å². The molecule has 0 heterocycles. The molecule has 0 saturated carbocycles. The first-order valence-corrected chi connectivity index (χ1v) is 5.80. The number of oxime groups is 1.